The Morgan fingerprint density at radius 2 is 2.00 bits per heavy atom. The fraction of sp³-hybridized carbons (Fsp3) is 0.300. The topological polar surface area (TPSA) is 95.8 Å². The maximum atomic E-state index is 5.63. The molecule has 0 aliphatic rings. The summed E-state index contributed by atoms with van der Waals surface area (Å²) in [6, 6.07) is 0. The van der Waals surface area contributed by atoms with Gasteiger partial charge in [0.05, 0.1) is 5.69 Å². The van der Waals surface area contributed by atoms with Gasteiger partial charge in [0.25, 0.3) is 0 Å². The molecule has 7 nitrogen and oxygen atoms in total. The van der Waals surface area contributed by atoms with E-state index in [2.05, 4.69) is 25.3 Å². The Hall–Kier alpha value is -2.31. The van der Waals surface area contributed by atoms with Crippen molar-refractivity contribution in [2.75, 3.05) is 30.0 Å². The molecule has 4 N–H and O–H groups in total. The van der Waals surface area contributed by atoms with Gasteiger partial charge in [-0.1, -0.05) is 0 Å². The van der Waals surface area contributed by atoms with Crippen LogP contribution in [0.15, 0.2) is 12.4 Å². The third-order valence-electron chi connectivity index (χ3n) is 2.24. The minimum absolute atomic E-state index is 0.194. The summed E-state index contributed by atoms with van der Waals surface area (Å²) in [5.74, 6) is 1.15. The maximum Gasteiger partial charge on any atom is 0.233 e. The summed E-state index contributed by atoms with van der Waals surface area (Å²) in [4.78, 5) is 17.1. The number of hydrogen-bond acceptors (Lipinski definition) is 6. The van der Waals surface area contributed by atoms with Gasteiger partial charge in [-0.05, 0) is 12.5 Å². The van der Waals surface area contributed by atoms with Crippen molar-refractivity contribution >= 4 is 23.5 Å². The van der Waals surface area contributed by atoms with Crippen LogP contribution in [0.3, 0.4) is 0 Å². The lowest BCUT2D eigenvalue weighted by Gasteiger charge is -2.11. The smallest absolute Gasteiger partial charge is 0.233 e. The number of nitrogens with two attached hydrogens (primary N) is 1. The molecule has 90 valence electrons. The van der Waals surface area contributed by atoms with E-state index < -0.39 is 0 Å². The van der Waals surface area contributed by atoms with Gasteiger partial charge in [0.15, 0.2) is 0 Å². The lowest BCUT2D eigenvalue weighted by molar-refractivity contribution is 0.969. The number of rotatable bonds is 3. The van der Waals surface area contributed by atoms with E-state index in [4.69, 9.17) is 5.73 Å². The molecule has 0 saturated heterocycles. The second-order valence-corrected chi connectivity index (χ2v) is 3.89. The normalized spacial score (nSPS) is 10.3. The number of hydrogen-bond donors (Lipinski definition) is 3. The average Bonchev–Trinajstić information content (AvgIpc) is 2.63. The van der Waals surface area contributed by atoms with Crippen molar-refractivity contribution in [3.8, 4) is 0 Å². The molecule has 0 atom stereocenters. The third-order valence-corrected chi connectivity index (χ3v) is 2.24. The van der Waals surface area contributed by atoms with Crippen LogP contribution in [-0.2, 0) is 0 Å². The van der Waals surface area contributed by atoms with Gasteiger partial charge in [0, 0.05) is 26.5 Å². The van der Waals surface area contributed by atoms with E-state index in [0.717, 1.165) is 11.3 Å². The molecule has 2 aromatic rings. The van der Waals surface area contributed by atoms with Crippen LogP contribution in [0, 0.1) is 6.92 Å². The first-order chi connectivity index (χ1) is 8.06. The van der Waals surface area contributed by atoms with E-state index >= 15 is 0 Å². The monoisotopic (exact) mass is 233 g/mol. The van der Waals surface area contributed by atoms with E-state index in [1.54, 1.807) is 4.90 Å². The zero-order chi connectivity index (χ0) is 12.4. The van der Waals surface area contributed by atoms with Crippen LogP contribution in [0.25, 0.3) is 0 Å². The van der Waals surface area contributed by atoms with E-state index in [1.807, 2.05) is 33.4 Å². The first kappa shape index (κ1) is 11.2. The molecule has 0 amide bonds. The second kappa shape index (κ2) is 4.28. The van der Waals surface area contributed by atoms with Gasteiger partial charge in [-0.25, -0.2) is 0 Å². The van der Waals surface area contributed by atoms with Gasteiger partial charge in [0.1, 0.15) is 0 Å². The van der Waals surface area contributed by atoms with Crippen molar-refractivity contribution in [3.05, 3.63) is 18.0 Å². The van der Waals surface area contributed by atoms with Gasteiger partial charge in [0.2, 0.25) is 17.8 Å². The van der Waals surface area contributed by atoms with Gasteiger partial charge in [-0.3, -0.25) is 0 Å². The largest absolute Gasteiger partial charge is 0.368 e. The number of anilines is 4. The molecule has 17 heavy (non-hydrogen) atoms. The van der Waals surface area contributed by atoms with Crippen LogP contribution in [0.1, 0.15) is 5.56 Å². The van der Waals surface area contributed by atoms with Crippen LogP contribution in [0.5, 0.6) is 0 Å². The van der Waals surface area contributed by atoms with Crippen molar-refractivity contribution < 1.29 is 0 Å². The van der Waals surface area contributed by atoms with Crippen molar-refractivity contribution in [1.29, 1.82) is 0 Å². The fourth-order valence-electron chi connectivity index (χ4n) is 1.33. The molecule has 0 aromatic carbocycles. The minimum atomic E-state index is 0.194. The summed E-state index contributed by atoms with van der Waals surface area (Å²) >= 11 is 0. The quantitative estimate of drug-likeness (QED) is 0.729. The highest BCUT2D eigenvalue weighted by atomic mass is 15.3. The first-order valence-corrected chi connectivity index (χ1v) is 5.15. The summed E-state index contributed by atoms with van der Waals surface area (Å²) in [5.41, 5.74) is 7.62. The molecule has 0 bridgehead atoms. The Labute approximate surface area is 99.1 Å². The van der Waals surface area contributed by atoms with Gasteiger partial charge < -0.3 is 20.9 Å². The van der Waals surface area contributed by atoms with Crippen molar-refractivity contribution in [2.24, 2.45) is 0 Å². The SMILES string of the molecule is Cc1c[nH]cc1Nc1nc(N)nc(N(C)C)n1. The summed E-state index contributed by atoms with van der Waals surface area (Å²) < 4.78 is 0. The third kappa shape index (κ3) is 2.44. The number of H-pyrrole nitrogens is 1. The lowest BCUT2D eigenvalue weighted by atomic mass is 10.3. The number of aryl methyl sites for hydroxylation is 1. The minimum Gasteiger partial charge on any atom is -0.368 e. The molecule has 2 rings (SSSR count). The first-order valence-electron chi connectivity index (χ1n) is 5.15. The Kier molecular flexibility index (Phi) is 2.82. The predicted octanol–water partition coefficient (Wildman–Crippen LogP) is 0.900. The van der Waals surface area contributed by atoms with Gasteiger partial charge >= 0.3 is 0 Å². The molecule has 0 aliphatic carbocycles. The Balaban J connectivity index is 2.30. The van der Waals surface area contributed by atoms with Crippen LogP contribution >= 0.6 is 0 Å². The molecule has 0 radical (unpaired) electrons. The standard InChI is InChI=1S/C10H15N7/c1-6-4-12-5-7(6)13-9-14-8(11)15-10(16-9)17(2)3/h4-5,12H,1-3H3,(H3,11,13,14,15,16). The van der Waals surface area contributed by atoms with E-state index in [-0.39, 0.29) is 5.95 Å². The highest BCUT2D eigenvalue weighted by Gasteiger charge is 2.07. The molecule has 0 fully saturated rings. The Bertz CT molecular complexity index is 517. The van der Waals surface area contributed by atoms with Gasteiger partial charge in [-0.2, -0.15) is 15.0 Å². The summed E-state index contributed by atoms with van der Waals surface area (Å²) in [6.07, 6.45) is 3.73. The molecule has 2 aromatic heterocycles. The molecule has 2 heterocycles. The van der Waals surface area contributed by atoms with Crippen LogP contribution < -0.4 is 16.0 Å². The van der Waals surface area contributed by atoms with Crippen LogP contribution in [0.2, 0.25) is 0 Å². The predicted molar refractivity (Wildman–Crippen MR) is 67.4 cm³/mol. The van der Waals surface area contributed by atoms with Crippen LogP contribution in [-0.4, -0.2) is 34.0 Å². The zero-order valence-electron chi connectivity index (χ0n) is 10.0. The van der Waals surface area contributed by atoms with Crippen molar-refractivity contribution in [3.63, 3.8) is 0 Å². The number of aromatic amines is 1. The summed E-state index contributed by atoms with van der Waals surface area (Å²) in [5, 5.41) is 3.09. The molecular weight excluding hydrogens is 218 g/mol. The van der Waals surface area contributed by atoms with E-state index in [0.29, 0.717) is 11.9 Å². The van der Waals surface area contributed by atoms with Gasteiger partial charge in [-0.15, -0.1) is 0 Å². The average molecular weight is 233 g/mol. The zero-order valence-corrected chi connectivity index (χ0v) is 10.0. The Morgan fingerprint density at radius 1 is 1.24 bits per heavy atom. The number of aromatic nitrogens is 4. The van der Waals surface area contributed by atoms with Crippen molar-refractivity contribution in [2.45, 2.75) is 6.92 Å². The molecule has 0 spiro atoms. The van der Waals surface area contributed by atoms with E-state index in [1.165, 1.54) is 0 Å². The Morgan fingerprint density at radius 3 is 2.59 bits per heavy atom. The fourth-order valence-corrected chi connectivity index (χ4v) is 1.33. The summed E-state index contributed by atoms with van der Waals surface area (Å²) in [6.45, 7) is 1.98. The molecule has 0 saturated carbocycles. The number of nitrogens with zero attached hydrogens (tertiary/aromatic N) is 4. The highest BCUT2D eigenvalue weighted by molar-refractivity contribution is 5.58. The number of nitrogen functional groups attached to an aromatic ring is 1. The summed E-state index contributed by atoms with van der Waals surface area (Å²) in [7, 11) is 3.69. The lowest BCUT2D eigenvalue weighted by Crippen LogP contribution is -2.15. The molecule has 0 aliphatic heterocycles. The second-order valence-electron chi connectivity index (χ2n) is 3.89. The van der Waals surface area contributed by atoms with Crippen molar-refractivity contribution in [1.82, 2.24) is 19.9 Å². The number of nitrogens with one attached hydrogen (secondary N) is 2. The molecule has 7 heteroatoms. The van der Waals surface area contributed by atoms with E-state index in [9.17, 15) is 0 Å². The molecule has 0 unspecified atom stereocenters. The molecular formula is C10H15N7. The maximum absolute atomic E-state index is 5.63. The highest BCUT2D eigenvalue weighted by Crippen LogP contribution is 2.18. The van der Waals surface area contributed by atoms with Crippen LogP contribution in [0.4, 0.5) is 23.5 Å².